The molecule has 33 heavy (non-hydrogen) atoms. The fourth-order valence-electron chi connectivity index (χ4n) is 4.81. The van der Waals surface area contributed by atoms with Crippen molar-refractivity contribution in [2.45, 2.75) is 68.3 Å². The molecule has 0 unspecified atom stereocenters. The second-order valence-electron chi connectivity index (χ2n) is 9.39. The first kappa shape index (κ1) is 24.0. The summed E-state index contributed by atoms with van der Waals surface area (Å²) in [5.41, 5.74) is 1.25. The van der Waals surface area contributed by atoms with Crippen molar-refractivity contribution in [3.8, 4) is 0 Å². The summed E-state index contributed by atoms with van der Waals surface area (Å²) in [5, 5.41) is 4.12. The van der Waals surface area contributed by atoms with E-state index in [1.165, 1.54) is 31.4 Å². The van der Waals surface area contributed by atoms with E-state index in [1.54, 1.807) is 24.2 Å². The van der Waals surface area contributed by atoms with Crippen molar-refractivity contribution in [3.05, 3.63) is 42.2 Å². The predicted octanol–water partition coefficient (Wildman–Crippen LogP) is 4.53. The molecule has 6 nitrogen and oxygen atoms in total. The molecule has 1 aromatic heterocycles. The normalized spacial score (nSPS) is 20.1. The van der Waals surface area contributed by atoms with Crippen LogP contribution in [0.1, 0.15) is 51.0 Å². The van der Waals surface area contributed by atoms with E-state index in [-0.39, 0.29) is 11.8 Å². The van der Waals surface area contributed by atoms with Gasteiger partial charge in [-0.1, -0.05) is 35.9 Å². The van der Waals surface area contributed by atoms with Crippen LogP contribution in [0.15, 0.2) is 46.6 Å². The first-order chi connectivity index (χ1) is 16.1. The number of hydrogen-bond acceptors (Lipinski definition) is 6. The lowest BCUT2D eigenvalue weighted by Gasteiger charge is -2.34. The average molecular weight is 468 g/mol. The van der Waals surface area contributed by atoms with Crippen LogP contribution in [0, 0.1) is 12.8 Å². The minimum Gasteiger partial charge on any atom is -0.356 e. The van der Waals surface area contributed by atoms with Gasteiger partial charge in [0.25, 0.3) is 0 Å². The van der Waals surface area contributed by atoms with Gasteiger partial charge in [-0.3, -0.25) is 4.79 Å². The van der Waals surface area contributed by atoms with Crippen LogP contribution in [0.3, 0.4) is 0 Å². The SMILES string of the molecule is Cc1ccc(Sc2nccnc2N2CCC(C(=O)NCCCN3CCCC[C@H]3C)CC2)cc1. The second kappa shape index (κ2) is 11.8. The van der Waals surface area contributed by atoms with E-state index in [0.717, 1.165) is 61.2 Å². The fourth-order valence-corrected chi connectivity index (χ4v) is 5.69. The molecule has 0 bridgehead atoms. The summed E-state index contributed by atoms with van der Waals surface area (Å²) in [7, 11) is 0. The Bertz CT molecular complexity index is 898. The number of benzene rings is 1. The number of carbonyl (C=O) groups is 1. The summed E-state index contributed by atoms with van der Waals surface area (Å²) in [5.74, 6) is 1.24. The van der Waals surface area contributed by atoms with Gasteiger partial charge >= 0.3 is 0 Å². The third kappa shape index (κ3) is 6.70. The smallest absolute Gasteiger partial charge is 0.223 e. The highest BCUT2D eigenvalue weighted by Gasteiger charge is 2.27. The minimum atomic E-state index is 0.0973. The van der Waals surface area contributed by atoms with Crippen molar-refractivity contribution >= 4 is 23.5 Å². The zero-order valence-corrected chi connectivity index (χ0v) is 20.8. The molecule has 3 heterocycles. The van der Waals surface area contributed by atoms with Crippen LogP contribution in [-0.2, 0) is 4.79 Å². The number of nitrogens with one attached hydrogen (secondary N) is 1. The molecule has 178 valence electrons. The zero-order chi connectivity index (χ0) is 23.0. The van der Waals surface area contributed by atoms with Crippen LogP contribution >= 0.6 is 11.8 Å². The largest absolute Gasteiger partial charge is 0.356 e. The highest BCUT2D eigenvalue weighted by atomic mass is 32.2. The monoisotopic (exact) mass is 467 g/mol. The summed E-state index contributed by atoms with van der Waals surface area (Å²) < 4.78 is 0. The number of nitrogens with zero attached hydrogens (tertiary/aromatic N) is 4. The van der Waals surface area contributed by atoms with Crippen molar-refractivity contribution in [1.82, 2.24) is 20.2 Å². The van der Waals surface area contributed by atoms with E-state index in [2.05, 4.69) is 63.2 Å². The molecule has 1 amide bonds. The van der Waals surface area contributed by atoms with Crippen LogP contribution in [0.4, 0.5) is 5.82 Å². The Balaban J connectivity index is 1.23. The molecular weight excluding hydrogens is 430 g/mol. The summed E-state index contributed by atoms with van der Waals surface area (Å²) in [6.45, 7) is 9.18. The van der Waals surface area contributed by atoms with E-state index in [9.17, 15) is 4.79 Å². The number of likely N-dealkylation sites (tertiary alicyclic amines) is 1. The molecule has 4 rings (SSSR count). The van der Waals surface area contributed by atoms with Gasteiger partial charge in [0, 0.05) is 55.4 Å². The van der Waals surface area contributed by atoms with Crippen molar-refractivity contribution in [3.63, 3.8) is 0 Å². The lowest BCUT2D eigenvalue weighted by molar-refractivity contribution is -0.125. The lowest BCUT2D eigenvalue weighted by atomic mass is 9.96. The lowest BCUT2D eigenvalue weighted by Crippen LogP contribution is -2.42. The Morgan fingerprint density at radius 3 is 2.58 bits per heavy atom. The third-order valence-corrected chi connectivity index (χ3v) is 7.90. The molecule has 2 aliphatic rings. The van der Waals surface area contributed by atoms with Crippen molar-refractivity contribution < 1.29 is 4.79 Å². The number of carbonyl (C=O) groups excluding carboxylic acids is 1. The van der Waals surface area contributed by atoms with Gasteiger partial charge in [-0.05, 0) is 64.6 Å². The number of aromatic nitrogens is 2. The quantitative estimate of drug-likeness (QED) is 0.576. The number of anilines is 1. The maximum atomic E-state index is 12.7. The Labute approximate surface area is 202 Å². The van der Waals surface area contributed by atoms with Gasteiger partial charge in [0.1, 0.15) is 5.03 Å². The van der Waals surface area contributed by atoms with Crippen LogP contribution < -0.4 is 10.2 Å². The van der Waals surface area contributed by atoms with E-state index >= 15 is 0 Å². The number of aryl methyl sites for hydroxylation is 1. The van der Waals surface area contributed by atoms with Crippen LogP contribution in [0.2, 0.25) is 0 Å². The predicted molar refractivity (Wildman–Crippen MR) is 135 cm³/mol. The van der Waals surface area contributed by atoms with Gasteiger partial charge in [-0.15, -0.1) is 0 Å². The Hall–Kier alpha value is -2.12. The summed E-state index contributed by atoms with van der Waals surface area (Å²) >= 11 is 1.65. The van der Waals surface area contributed by atoms with Crippen molar-refractivity contribution in [2.75, 3.05) is 37.6 Å². The van der Waals surface area contributed by atoms with Gasteiger partial charge in [-0.2, -0.15) is 0 Å². The van der Waals surface area contributed by atoms with E-state index < -0.39 is 0 Å². The van der Waals surface area contributed by atoms with Gasteiger partial charge in [0.15, 0.2) is 5.82 Å². The number of amides is 1. The van der Waals surface area contributed by atoms with E-state index in [0.29, 0.717) is 6.04 Å². The van der Waals surface area contributed by atoms with Crippen molar-refractivity contribution in [1.29, 1.82) is 0 Å². The molecule has 2 fully saturated rings. The second-order valence-corrected chi connectivity index (χ2v) is 10.4. The molecule has 0 aliphatic carbocycles. The molecule has 2 aromatic rings. The molecule has 7 heteroatoms. The maximum absolute atomic E-state index is 12.7. The molecule has 2 saturated heterocycles. The molecule has 2 aliphatic heterocycles. The van der Waals surface area contributed by atoms with Crippen LogP contribution in [0.5, 0.6) is 0 Å². The van der Waals surface area contributed by atoms with Gasteiger partial charge in [0.2, 0.25) is 5.91 Å². The highest BCUT2D eigenvalue weighted by Crippen LogP contribution is 2.34. The summed E-state index contributed by atoms with van der Waals surface area (Å²) in [4.78, 5) is 28.0. The molecule has 1 aromatic carbocycles. The number of hydrogen-bond donors (Lipinski definition) is 1. The highest BCUT2D eigenvalue weighted by molar-refractivity contribution is 7.99. The fraction of sp³-hybridized carbons (Fsp3) is 0.577. The van der Waals surface area contributed by atoms with Crippen molar-refractivity contribution in [2.24, 2.45) is 5.92 Å². The molecule has 0 radical (unpaired) electrons. The Morgan fingerprint density at radius 2 is 1.82 bits per heavy atom. The molecule has 1 atom stereocenters. The maximum Gasteiger partial charge on any atom is 0.223 e. The zero-order valence-electron chi connectivity index (χ0n) is 20.0. The molecular formula is C26H37N5OS. The minimum absolute atomic E-state index is 0.0973. The third-order valence-electron chi connectivity index (χ3n) is 6.91. The van der Waals surface area contributed by atoms with Crippen LogP contribution in [0.25, 0.3) is 0 Å². The van der Waals surface area contributed by atoms with Crippen LogP contribution in [-0.4, -0.2) is 59.5 Å². The standard InChI is InChI=1S/C26H37N5OS/c1-20-7-9-23(10-8-20)33-26-24(27-14-15-29-26)31-18-11-22(12-19-31)25(32)28-13-5-17-30-16-4-3-6-21(30)2/h7-10,14-15,21-22H,3-6,11-13,16-19H2,1-2H3,(H,28,32)/t21-/m1/s1. The molecule has 1 N–H and O–H groups in total. The van der Waals surface area contributed by atoms with Gasteiger partial charge < -0.3 is 15.1 Å². The first-order valence-electron chi connectivity index (χ1n) is 12.4. The van der Waals surface area contributed by atoms with Gasteiger partial charge in [-0.25, -0.2) is 9.97 Å². The Morgan fingerprint density at radius 1 is 1.06 bits per heavy atom. The topological polar surface area (TPSA) is 61.4 Å². The number of piperidine rings is 2. The Kier molecular flexibility index (Phi) is 8.62. The molecule has 0 saturated carbocycles. The van der Waals surface area contributed by atoms with E-state index in [1.807, 2.05) is 0 Å². The average Bonchev–Trinajstić information content (AvgIpc) is 2.85. The van der Waals surface area contributed by atoms with Gasteiger partial charge in [0.05, 0.1) is 0 Å². The summed E-state index contributed by atoms with van der Waals surface area (Å²) in [6.07, 6.45) is 10.2. The first-order valence-corrected chi connectivity index (χ1v) is 13.2. The summed E-state index contributed by atoms with van der Waals surface area (Å²) in [6, 6.07) is 9.18. The molecule has 0 spiro atoms. The number of rotatable bonds is 8. The van der Waals surface area contributed by atoms with E-state index in [4.69, 9.17) is 0 Å².